The molecule has 1 heterocycles. The molecule has 0 unspecified atom stereocenters. The highest BCUT2D eigenvalue weighted by Crippen LogP contribution is 2.46. The summed E-state index contributed by atoms with van der Waals surface area (Å²) in [7, 11) is 0. The molecule has 1 saturated carbocycles. The van der Waals surface area contributed by atoms with E-state index in [4.69, 9.17) is 11.6 Å². The second-order valence-electron chi connectivity index (χ2n) is 6.80. The van der Waals surface area contributed by atoms with Crippen molar-refractivity contribution in [2.45, 2.75) is 39.2 Å². The molecule has 2 aliphatic rings. The van der Waals surface area contributed by atoms with E-state index in [2.05, 4.69) is 17.1 Å². The lowest BCUT2D eigenvalue weighted by atomic mass is 10.0. The lowest BCUT2D eigenvalue weighted by Crippen LogP contribution is -2.44. The number of hydrogen-bond acceptors (Lipinski definition) is 2. The molecule has 3 nitrogen and oxygen atoms in total. The zero-order valence-corrected chi connectivity index (χ0v) is 14.8. The maximum absolute atomic E-state index is 13.0. The number of rotatable bonds is 4. The number of carbonyl (C=O) groups excluding carboxylic acids is 1. The van der Waals surface area contributed by atoms with E-state index in [1.807, 2.05) is 25.1 Å². The van der Waals surface area contributed by atoms with Crippen molar-refractivity contribution < 1.29 is 4.79 Å². The second kappa shape index (κ2) is 6.77. The molecule has 1 atom stereocenters. The van der Waals surface area contributed by atoms with Crippen LogP contribution in [-0.4, -0.2) is 36.5 Å². The number of nitrogens with zero attached hydrogens (tertiary/aromatic N) is 1. The van der Waals surface area contributed by atoms with Gasteiger partial charge in [0.1, 0.15) is 0 Å². The lowest BCUT2D eigenvalue weighted by molar-refractivity contribution is 0.0650. The molecule has 3 rings (SSSR count). The summed E-state index contributed by atoms with van der Waals surface area (Å²) in [5.74, 6) is 0.136. The molecule has 1 amide bonds. The quantitative estimate of drug-likeness (QED) is 0.905. The van der Waals surface area contributed by atoms with E-state index in [1.54, 1.807) is 0 Å². The zero-order valence-electron chi connectivity index (χ0n) is 13.2. The van der Waals surface area contributed by atoms with E-state index in [0.717, 1.165) is 37.2 Å². The Hall–Kier alpha value is -0.770. The Morgan fingerprint density at radius 2 is 2.18 bits per heavy atom. The van der Waals surface area contributed by atoms with Gasteiger partial charge >= 0.3 is 0 Å². The van der Waals surface area contributed by atoms with Gasteiger partial charge in [-0.05, 0) is 55.8 Å². The normalized spacial score (nSPS) is 22.0. The molecule has 0 radical (unpaired) electrons. The first-order chi connectivity index (χ1) is 10.0. The summed E-state index contributed by atoms with van der Waals surface area (Å²) in [4.78, 5) is 15.1. The molecule has 0 spiro atoms. The monoisotopic (exact) mass is 342 g/mol. The van der Waals surface area contributed by atoms with E-state index in [9.17, 15) is 4.79 Å². The zero-order chi connectivity index (χ0) is 15.0. The first kappa shape index (κ1) is 17.6. The smallest absolute Gasteiger partial charge is 0.254 e. The molecule has 5 heteroatoms. The lowest BCUT2D eigenvalue weighted by Gasteiger charge is -2.32. The summed E-state index contributed by atoms with van der Waals surface area (Å²) >= 11 is 6.18. The topological polar surface area (TPSA) is 32.3 Å². The van der Waals surface area contributed by atoms with Crippen LogP contribution in [0, 0.1) is 12.3 Å². The summed E-state index contributed by atoms with van der Waals surface area (Å²) in [5.41, 5.74) is 1.96. The molecule has 0 aromatic heterocycles. The number of amides is 1. The van der Waals surface area contributed by atoms with Crippen molar-refractivity contribution in [3.63, 3.8) is 0 Å². The average molecular weight is 343 g/mol. The Kier molecular flexibility index (Phi) is 5.41. The fraction of sp³-hybridized carbons (Fsp3) is 0.588. The molecule has 1 aromatic carbocycles. The van der Waals surface area contributed by atoms with E-state index in [0.29, 0.717) is 16.5 Å². The van der Waals surface area contributed by atoms with Crippen LogP contribution in [0.3, 0.4) is 0 Å². The molecule has 1 aromatic rings. The van der Waals surface area contributed by atoms with Gasteiger partial charge in [0.25, 0.3) is 5.91 Å². The predicted molar refractivity (Wildman–Crippen MR) is 93.1 cm³/mol. The molecule has 1 aliphatic heterocycles. The molecule has 22 heavy (non-hydrogen) atoms. The van der Waals surface area contributed by atoms with Gasteiger partial charge in [0.15, 0.2) is 0 Å². The van der Waals surface area contributed by atoms with Crippen LogP contribution in [0.25, 0.3) is 0 Å². The fourth-order valence-electron chi connectivity index (χ4n) is 3.05. The summed E-state index contributed by atoms with van der Waals surface area (Å²) in [6, 6.07) is 5.92. The third-order valence-electron chi connectivity index (χ3n) is 4.89. The van der Waals surface area contributed by atoms with Gasteiger partial charge in [-0.15, -0.1) is 12.4 Å². The van der Waals surface area contributed by atoms with Crippen molar-refractivity contribution >= 4 is 29.9 Å². The molecular weight excluding hydrogens is 319 g/mol. The number of carbonyl (C=O) groups is 1. The van der Waals surface area contributed by atoms with Crippen LogP contribution < -0.4 is 5.32 Å². The van der Waals surface area contributed by atoms with Crippen molar-refractivity contribution in [3.05, 3.63) is 34.3 Å². The minimum atomic E-state index is 0. The molecule has 1 aliphatic carbocycles. The van der Waals surface area contributed by atoms with Gasteiger partial charge in [0.2, 0.25) is 0 Å². The van der Waals surface area contributed by atoms with Crippen LogP contribution in [-0.2, 0) is 0 Å². The second-order valence-corrected chi connectivity index (χ2v) is 7.21. The Bertz CT molecular complexity index is 552. The van der Waals surface area contributed by atoms with Crippen molar-refractivity contribution in [3.8, 4) is 0 Å². The van der Waals surface area contributed by atoms with Crippen molar-refractivity contribution in [1.29, 1.82) is 0 Å². The molecule has 0 bridgehead atoms. The van der Waals surface area contributed by atoms with E-state index in [1.165, 1.54) is 12.8 Å². The van der Waals surface area contributed by atoms with Crippen LogP contribution in [0.1, 0.15) is 42.1 Å². The van der Waals surface area contributed by atoms with Crippen LogP contribution in [0.2, 0.25) is 5.02 Å². The van der Waals surface area contributed by atoms with E-state index < -0.39 is 0 Å². The van der Waals surface area contributed by atoms with E-state index in [-0.39, 0.29) is 18.3 Å². The highest BCUT2D eigenvalue weighted by atomic mass is 35.5. The standard InChI is InChI=1S/C17H23ClN2O.ClH/c1-12-14(4-3-5-15(12)18)16(21)20(11-17(2)7-8-17)13-6-9-19-10-13;/h3-5,13,19H,6-11H2,1-2H3;1H/t13-;/m0./s1. The van der Waals surface area contributed by atoms with Gasteiger partial charge in [-0.1, -0.05) is 24.6 Å². The van der Waals surface area contributed by atoms with Crippen molar-refractivity contribution in [2.24, 2.45) is 5.41 Å². The van der Waals surface area contributed by atoms with Gasteiger partial charge in [-0.25, -0.2) is 0 Å². The third-order valence-corrected chi connectivity index (χ3v) is 5.30. The minimum Gasteiger partial charge on any atom is -0.334 e. The average Bonchev–Trinajstić information content (AvgIpc) is 2.97. The molecular formula is C17H24Cl2N2O. The summed E-state index contributed by atoms with van der Waals surface area (Å²) in [6.45, 7) is 6.98. The number of hydrogen-bond donors (Lipinski definition) is 1. The first-order valence-electron chi connectivity index (χ1n) is 7.77. The third kappa shape index (κ3) is 3.58. The highest BCUT2D eigenvalue weighted by molar-refractivity contribution is 6.31. The Morgan fingerprint density at radius 3 is 2.77 bits per heavy atom. The largest absolute Gasteiger partial charge is 0.334 e. The SMILES string of the molecule is Cc1c(Cl)cccc1C(=O)N(CC1(C)CC1)[C@H]1CCNC1.Cl. The number of halogens is 2. The van der Waals surface area contributed by atoms with Gasteiger partial charge < -0.3 is 10.2 Å². The maximum Gasteiger partial charge on any atom is 0.254 e. The Morgan fingerprint density at radius 1 is 1.45 bits per heavy atom. The predicted octanol–water partition coefficient (Wildman–Crippen LogP) is 3.67. The molecule has 2 fully saturated rings. The van der Waals surface area contributed by atoms with Crippen molar-refractivity contribution in [2.75, 3.05) is 19.6 Å². The van der Waals surface area contributed by atoms with Crippen LogP contribution >= 0.6 is 24.0 Å². The van der Waals surface area contributed by atoms with Crippen LogP contribution in [0.15, 0.2) is 18.2 Å². The maximum atomic E-state index is 13.0. The number of benzene rings is 1. The van der Waals surface area contributed by atoms with Gasteiger partial charge in [-0.3, -0.25) is 4.79 Å². The fourth-order valence-corrected chi connectivity index (χ4v) is 3.22. The summed E-state index contributed by atoms with van der Waals surface area (Å²) in [5, 5.41) is 4.04. The van der Waals surface area contributed by atoms with Gasteiger partial charge in [0, 0.05) is 29.7 Å². The van der Waals surface area contributed by atoms with Gasteiger partial charge in [0.05, 0.1) is 0 Å². The highest BCUT2D eigenvalue weighted by Gasteiger charge is 2.42. The minimum absolute atomic E-state index is 0. The van der Waals surface area contributed by atoms with Crippen LogP contribution in [0.4, 0.5) is 0 Å². The van der Waals surface area contributed by atoms with Gasteiger partial charge in [-0.2, -0.15) is 0 Å². The summed E-state index contributed by atoms with van der Waals surface area (Å²) in [6.07, 6.45) is 3.50. The molecule has 1 N–H and O–H groups in total. The molecule has 122 valence electrons. The summed E-state index contributed by atoms with van der Waals surface area (Å²) < 4.78 is 0. The van der Waals surface area contributed by atoms with Crippen molar-refractivity contribution in [1.82, 2.24) is 10.2 Å². The Labute approximate surface area is 143 Å². The molecule has 1 saturated heterocycles. The van der Waals surface area contributed by atoms with Crippen LogP contribution in [0.5, 0.6) is 0 Å². The first-order valence-corrected chi connectivity index (χ1v) is 8.15. The Balaban J connectivity index is 0.00000176. The van der Waals surface area contributed by atoms with E-state index >= 15 is 0 Å². The number of nitrogens with one attached hydrogen (secondary N) is 1.